The van der Waals surface area contributed by atoms with E-state index >= 15 is 0 Å². The first-order valence-electron chi connectivity index (χ1n) is 4.75. The number of rotatable bonds is 3. The van der Waals surface area contributed by atoms with Gasteiger partial charge in [-0.3, -0.25) is 0 Å². The summed E-state index contributed by atoms with van der Waals surface area (Å²) >= 11 is 0. The predicted molar refractivity (Wildman–Crippen MR) is 46.0 cm³/mol. The number of esters is 1. The average molecular weight is 185 g/mol. The highest BCUT2D eigenvalue weighted by Gasteiger charge is 2.59. The van der Waals surface area contributed by atoms with E-state index in [1.54, 1.807) is 6.92 Å². The summed E-state index contributed by atoms with van der Waals surface area (Å²) in [7, 11) is 0. The molecular weight excluding hydrogens is 170 g/mol. The topological polar surface area (TPSA) is 61.5 Å². The summed E-state index contributed by atoms with van der Waals surface area (Å²) in [5.74, 6) is 0.128. The molecule has 4 nitrogen and oxygen atoms in total. The normalized spacial score (nSPS) is 41.4. The van der Waals surface area contributed by atoms with Crippen LogP contribution in [0.4, 0.5) is 0 Å². The summed E-state index contributed by atoms with van der Waals surface area (Å²) in [5.41, 5.74) is 5.37. The molecule has 2 bridgehead atoms. The maximum absolute atomic E-state index is 11.4. The molecule has 3 rings (SSSR count). The molecule has 74 valence electrons. The van der Waals surface area contributed by atoms with E-state index in [1.807, 2.05) is 0 Å². The smallest absolute Gasteiger partial charge is 0.335 e. The summed E-state index contributed by atoms with van der Waals surface area (Å²) < 4.78 is 10.5. The van der Waals surface area contributed by atoms with E-state index in [0.717, 1.165) is 12.8 Å². The van der Waals surface area contributed by atoms with Crippen molar-refractivity contribution in [2.75, 3.05) is 13.2 Å². The fourth-order valence-electron chi connectivity index (χ4n) is 2.25. The van der Waals surface area contributed by atoms with Crippen molar-refractivity contribution in [1.82, 2.24) is 0 Å². The Kier molecular flexibility index (Phi) is 2.04. The molecule has 0 amide bonds. The van der Waals surface area contributed by atoms with Gasteiger partial charge in [0.25, 0.3) is 0 Å². The Hall–Kier alpha value is -0.610. The van der Waals surface area contributed by atoms with Crippen LogP contribution in [-0.4, -0.2) is 30.8 Å². The molecule has 2 heterocycles. The predicted octanol–water partition coefficient (Wildman–Crippen LogP) is 0.0558. The van der Waals surface area contributed by atoms with Crippen molar-refractivity contribution in [3.63, 3.8) is 0 Å². The van der Waals surface area contributed by atoms with Crippen LogP contribution in [0.5, 0.6) is 0 Å². The molecule has 0 aromatic heterocycles. The van der Waals surface area contributed by atoms with Crippen molar-refractivity contribution in [2.24, 2.45) is 11.7 Å². The number of carbonyl (C=O) groups is 1. The maximum Gasteiger partial charge on any atom is 0.335 e. The van der Waals surface area contributed by atoms with Gasteiger partial charge in [-0.05, 0) is 19.8 Å². The van der Waals surface area contributed by atoms with Crippen molar-refractivity contribution in [3.05, 3.63) is 0 Å². The summed E-state index contributed by atoms with van der Waals surface area (Å²) in [5, 5.41) is 0. The van der Waals surface area contributed by atoms with Crippen LogP contribution >= 0.6 is 0 Å². The lowest BCUT2D eigenvalue weighted by Crippen LogP contribution is -2.43. The van der Waals surface area contributed by atoms with E-state index in [-0.39, 0.29) is 17.7 Å². The Morgan fingerprint density at radius 3 is 2.85 bits per heavy atom. The molecule has 0 aromatic carbocycles. The minimum absolute atomic E-state index is 0.192. The van der Waals surface area contributed by atoms with Gasteiger partial charge in [0.1, 0.15) is 0 Å². The van der Waals surface area contributed by atoms with Gasteiger partial charge in [0, 0.05) is 12.5 Å². The largest absolute Gasteiger partial charge is 0.464 e. The number of nitrogens with two attached hydrogens (primary N) is 1. The molecule has 1 saturated carbocycles. The van der Waals surface area contributed by atoms with Crippen LogP contribution in [0.2, 0.25) is 0 Å². The highest BCUT2D eigenvalue weighted by molar-refractivity contribution is 5.76. The molecule has 2 saturated heterocycles. The van der Waals surface area contributed by atoms with Gasteiger partial charge < -0.3 is 15.2 Å². The molecule has 1 unspecified atom stereocenters. The van der Waals surface area contributed by atoms with Crippen molar-refractivity contribution in [3.8, 4) is 0 Å². The molecule has 0 aromatic rings. The highest BCUT2D eigenvalue weighted by atomic mass is 16.6. The number of carbonyl (C=O) groups excluding carboxylic acids is 1. The van der Waals surface area contributed by atoms with Crippen LogP contribution < -0.4 is 5.73 Å². The van der Waals surface area contributed by atoms with Crippen molar-refractivity contribution >= 4 is 5.97 Å². The zero-order valence-corrected chi connectivity index (χ0v) is 7.79. The highest BCUT2D eigenvalue weighted by Crippen LogP contribution is 2.51. The Labute approximate surface area is 77.4 Å². The first-order valence-corrected chi connectivity index (χ1v) is 4.75. The fourth-order valence-corrected chi connectivity index (χ4v) is 2.25. The van der Waals surface area contributed by atoms with Crippen LogP contribution in [0.15, 0.2) is 0 Å². The first-order chi connectivity index (χ1) is 6.21. The zero-order chi connectivity index (χ0) is 9.47. The number of fused-ring (bicyclic) bond motifs is 1. The Balaban J connectivity index is 1.95. The summed E-state index contributed by atoms with van der Waals surface area (Å²) in [6.07, 6.45) is 1.50. The third-order valence-corrected chi connectivity index (χ3v) is 2.96. The quantitative estimate of drug-likeness (QED) is 0.631. The van der Waals surface area contributed by atoms with Crippen LogP contribution in [0, 0.1) is 5.92 Å². The lowest BCUT2D eigenvalue weighted by Gasteiger charge is -2.33. The van der Waals surface area contributed by atoms with Crippen LogP contribution in [0.3, 0.4) is 0 Å². The molecule has 3 fully saturated rings. The molecule has 0 spiro atoms. The Morgan fingerprint density at radius 1 is 1.69 bits per heavy atom. The molecule has 4 heteroatoms. The molecule has 2 N–H and O–H groups in total. The van der Waals surface area contributed by atoms with Crippen LogP contribution in [-0.2, 0) is 14.3 Å². The summed E-state index contributed by atoms with van der Waals surface area (Å²) in [6, 6.07) is 0. The van der Waals surface area contributed by atoms with E-state index in [4.69, 9.17) is 15.2 Å². The third kappa shape index (κ3) is 1.25. The van der Waals surface area contributed by atoms with Crippen molar-refractivity contribution in [2.45, 2.75) is 31.5 Å². The lowest BCUT2D eigenvalue weighted by atomic mass is 9.72. The minimum atomic E-state index is -0.344. The molecule has 2 aliphatic heterocycles. The molecule has 0 radical (unpaired) electrons. The molecule has 1 aliphatic carbocycles. The molecular formula is C9H15NO3. The SMILES string of the molecule is CCOC(=O)C1OC2(CN)CC1C2. The van der Waals surface area contributed by atoms with Crippen molar-refractivity contribution in [1.29, 1.82) is 0 Å². The monoisotopic (exact) mass is 185 g/mol. The van der Waals surface area contributed by atoms with Crippen molar-refractivity contribution < 1.29 is 14.3 Å². The van der Waals surface area contributed by atoms with E-state index in [2.05, 4.69) is 0 Å². The number of hydrogen-bond donors (Lipinski definition) is 1. The minimum Gasteiger partial charge on any atom is -0.464 e. The molecule has 3 aliphatic rings. The van der Waals surface area contributed by atoms with E-state index < -0.39 is 0 Å². The third-order valence-electron chi connectivity index (χ3n) is 2.96. The summed E-state index contributed by atoms with van der Waals surface area (Å²) in [6.45, 7) is 2.73. The second-order valence-electron chi connectivity index (χ2n) is 3.85. The Morgan fingerprint density at radius 2 is 2.38 bits per heavy atom. The number of hydrogen-bond acceptors (Lipinski definition) is 4. The molecule has 13 heavy (non-hydrogen) atoms. The molecule has 1 atom stereocenters. The fraction of sp³-hybridized carbons (Fsp3) is 0.889. The number of ether oxygens (including phenoxy) is 2. The lowest BCUT2D eigenvalue weighted by molar-refractivity contribution is -0.156. The van der Waals surface area contributed by atoms with Gasteiger partial charge in [0.2, 0.25) is 0 Å². The van der Waals surface area contributed by atoms with E-state index in [1.165, 1.54) is 0 Å². The maximum atomic E-state index is 11.4. The van der Waals surface area contributed by atoms with Gasteiger partial charge in [0.15, 0.2) is 6.10 Å². The van der Waals surface area contributed by atoms with Gasteiger partial charge in [-0.2, -0.15) is 0 Å². The van der Waals surface area contributed by atoms with Gasteiger partial charge in [0.05, 0.1) is 12.2 Å². The average Bonchev–Trinajstić information content (AvgIpc) is 2.57. The Bertz CT molecular complexity index is 223. The first kappa shape index (κ1) is 8.97. The second kappa shape index (κ2) is 2.96. The second-order valence-corrected chi connectivity index (χ2v) is 3.85. The standard InChI is InChI=1S/C9H15NO3/c1-2-12-8(11)7-6-3-9(4-6,5-10)13-7/h6-7H,2-5,10H2,1H3. The van der Waals surface area contributed by atoms with Crippen LogP contribution in [0.25, 0.3) is 0 Å². The van der Waals surface area contributed by atoms with E-state index in [9.17, 15) is 4.79 Å². The van der Waals surface area contributed by atoms with Gasteiger partial charge in [-0.25, -0.2) is 4.79 Å². The van der Waals surface area contributed by atoms with Gasteiger partial charge >= 0.3 is 5.97 Å². The van der Waals surface area contributed by atoms with Crippen LogP contribution in [0.1, 0.15) is 19.8 Å². The summed E-state index contributed by atoms with van der Waals surface area (Å²) in [4.78, 5) is 11.4. The zero-order valence-electron chi connectivity index (χ0n) is 7.79. The van der Waals surface area contributed by atoms with Gasteiger partial charge in [-0.1, -0.05) is 0 Å². The van der Waals surface area contributed by atoms with Gasteiger partial charge in [-0.15, -0.1) is 0 Å². The van der Waals surface area contributed by atoms with E-state index in [0.29, 0.717) is 19.1 Å².